The van der Waals surface area contributed by atoms with Crippen LogP contribution >= 0.6 is 11.6 Å². The number of nitrogens with one attached hydrogen (secondary N) is 1. The third-order valence-electron chi connectivity index (χ3n) is 6.32. The number of pyridine rings is 2. The van der Waals surface area contributed by atoms with E-state index in [4.69, 9.17) is 21.1 Å². The fourth-order valence-corrected chi connectivity index (χ4v) is 4.36. The molecule has 1 N–H and O–H groups in total. The van der Waals surface area contributed by atoms with E-state index in [-0.39, 0.29) is 11.3 Å². The van der Waals surface area contributed by atoms with Gasteiger partial charge in [0.1, 0.15) is 28.7 Å². The highest BCUT2D eigenvalue weighted by Gasteiger charge is 2.44. The van der Waals surface area contributed by atoms with Crippen molar-refractivity contribution in [3.8, 4) is 18.0 Å². The van der Waals surface area contributed by atoms with Gasteiger partial charge in [-0.25, -0.2) is 9.97 Å². The summed E-state index contributed by atoms with van der Waals surface area (Å²) in [4.78, 5) is 11.4. The molecule has 2 aliphatic heterocycles. The van der Waals surface area contributed by atoms with Crippen LogP contribution in [0.4, 0.5) is 5.82 Å². The van der Waals surface area contributed by atoms with Gasteiger partial charge >= 0.3 is 0 Å². The summed E-state index contributed by atoms with van der Waals surface area (Å²) in [6, 6.07) is 8.51. The number of fused-ring (bicyclic) bond motifs is 1. The SMILES string of the molecule is Cc1nc(OC2COC2)ccc1CN1CCc2c(C#N)c(Cl)nc(NC3(C#N)CC3)c2C1. The van der Waals surface area contributed by atoms with Crippen molar-refractivity contribution < 1.29 is 9.47 Å². The number of aryl methyl sites for hydroxylation is 1. The Bertz CT molecular complexity index is 1150. The predicted molar refractivity (Wildman–Crippen MR) is 117 cm³/mol. The maximum atomic E-state index is 9.62. The summed E-state index contributed by atoms with van der Waals surface area (Å²) in [7, 11) is 0. The third kappa shape index (κ3) is 3.98. The molecule has 1 saturated heterocycles. The van der Waals surface area contributed by atoms with E-state index in [1.807, 2.05) is 13.0 Å². The molecule has 0 bridgehead atoms. The van der Waals surface area contributed by atoms with E-state index in [2.05, 4.69) is 38.4 Å². The van der Waals surface area contributed by atoms with Crippen molar-refractivity contribution in [1.82, 2.24) is 14.9 Å². The Morgan fingerprint density at radius 2 is 2.09 bits per heavy atom. The highest BCUT2D eigenvalue weighted by atomic mass is 35.5. The van der Waals surface area contributed by atoms with E-state index in [0.29, 0.717) is 43.4 Å². The van der Waals surface area contributed by atoms with Crippen molar-refractivity contribution in [2.45, 2.75) is 50.9 Å². The molecule has 9 heteroatoms. The lowest BCUT2D eigenvalue weighted by Crippen LogP contribution is -2.38. The van der Waals surface area contributed by atoms with Crippen molar-refractivity contribution in [2.24, 2.45) is 0 Å². The number of nitriles is 2. The molecule has 5 rings (SSSR count). The molecule has 3 aliphatic rings. The standard InChI is InChI=1S/C23H23ClN6O2/c1-14-15(2-3-20(27-14)32-16-11-31-12-16)9-30-7-4-17-18(8-25)21(24)28-22(19(17)10-30)29-23(13-26)5-6-23/h2-3,16H,4-7,9-12H2,1H3,(H,28,29). The number of rotatable bonds is 6. The molecule has 2 fully saturated rings. The molecule has 0 spiro atoms. The minimum atomic E-state index is -0.567. The average Bonchev–Trinajstić information content (AvgIpc) is 3.53. The Morgan fingerprint density at radius 3 is 2.72 bits per heavy atom. The molecule has 0 atom stereocenters. The number of nitrogens with zero attached hydrogens (tertiary/aromatic N) is 5. The number of aromatic nitrogens is 2. The normalized spacial score (nSPS) is 19.2. The lowest BCUT2D eigenvalue weighted by molar-refractivity contribution is -0.0813. The maximum Gasteiger partial charge on any atom is 0.213 e. The van der Waals surface area contributed by atoms with Crippen molar-refractivity contribution in [1.29, 1.82) is 10.5 Å². The van der Waals surface area contributed by atoms with E-state index >= 15 is 0 Å². The highest BCUT2D eigenvalue weighted by Crippen LogP contribution is 2.41. The topological polar surface area (TPSA) is 107 Å². The van der Waals surface area contributed by atoms with E-state index in [0.717, 1.165) is 48.3 Å². The molecule has 2 aromatic heterocycles. The second-order valence-electron chi connectivity index (χ2n) is 8.65. The quantitative estimate of drug-likeness (QED) is 0.669. The highest BCUT2D eigenvalue weighted by molar-refractivity contribution is 6.30. The van der Waals surface area contributed by atoms with E-state index in [9.17, 15) is 10.5 Å². The van der Waals surface area contributed by atoms with Crippen LogP contribution in [-0.4, -0.2) is 46.3 Å². The molecular formula is C23H23ClN6O2. The molecule has 0 radical (unpaired) electrons. The van der Waals surface area contributed by atoms with Gasteiger partial charge in [-0.2, -0.15) is 10.5 Å². The number of hydrogen-bond donors (Lipinski definition) is 1. The molecule has 1 saturated carbocycles. The molecule has 4 heterocycles. The first-order chi connectivity index (χ1) is 15.5. The number of ether oxygens (including phenoxy) is 2. The van der Waals surface area contributed by atoms with E-state index in [1.165, 1.54) is 0 Å². The molecule has 1 aliphatic carbocycles. The Kier molecular flexibility index (Phi) is 5.38. The number of anilines is 1. The van der Waals surface area contributed by atoms with E-state index in [1.54, 1.807) is 0 Å². The first-order valence-corrected chi connectivity index (χ1v) is 11.1. The van der Waals surface area contributed by atoms with Gasteiger partial charge in [-0.1, -0.05) is 17.7 Å². The molecule has 0 aromatic carbocycles. The Morgan fingerprint density at radius 1 is 1.28 bits per heavy atom. The van der Waals surface area contributed by atoms with Crippen LogP contribution in [0.15, 0.2) is 12.1 Å². The Labute approximate surface area is 191 Å². The van der Waals surface area contributed by atoms with Gasteiger partial charge < -0.3 is 14.8 Å². The van der Waals surface area contributed by atoms with Crippen molar-refractivity contribution in [3.05, 3.63) is 45.2 Å². The van der Waals surface area contributed by atoms with Gasteiger partial charge in [0, 0.05) is 37.0 Å². The minimum Gasteiger partial charge on any atom is -0.469 e. The lowest BCUT2D eigenvalue weighted by atomic mass is 9.95. The van der Waals surface area contributed by atoms with Crippen LogP contribution in [0.2, 0.25) is 5.15 Å². The van der Waals surface area contributed by atoms with Crippen LogP contribution in [0, 0.1) is 29.6 Å². The van der Waals surface area contributed by atoms with Crippen molar-refractivity contribution >= 4 is 17.4 Å². The van der Waals surface area contributed by atoms with Crippen LogP contribution in [-0.2, 0) is 24.2 Å². The third-order valence-corrected chi connectivity index (χ3v) is 6.59. The predicted octanol–water partition coefficient (Wildman–Crippen LogP) is 3.11. The molecule has 0 amide bonds. The summed E-state index contributed by atoms with van der Waals surface area (Å²) in [5.74, 6) is 1.24. The summed E-state index contributed by atoms with van der Waals surface area (Å²) < 4.78 is 11.0. The fraction of sp³-hybridized carbons (Fsp3) is 0.478. The molecule has 8 nitrogen and oxygen atoms in total. The smallest absolute Gasteiger partial charge is 0.213 e. The zero-order valence-corrected chi connectivity index (χ0v) is 18.6. The van der Waals surface area contributed by atoms with Gasteiger partial charge in [0.15, 0.2) is 0 Å². The van der Waals surface area contributed by atoms with Crippen LogP contribution in [0.1, 0.15) is 40.8 Å². The monoisotopic (exact) mass is 450 g/mol. The Hall–Kier alpha value is -2.91. The van der Waals surface area contributed by atoms with Gasteiger partial charge in [0.05, 0.1) is 24.8 Å². The van der Waals surface area contributed by atoms with Crippen molar-refractivity contribution in [3.63, 3.8) is 0 Å². The maximum absolute atomic E-state index is 9.62. The van der Waals surface area contributed by atoms with Crippen LogP contribution in [0.25, 0.3) is 0 Å². The summed E-state index contributed by atoms with van der Waals surface area (Å²) >= 11 is 6.31. The zero-order chi connectivity index (χ0) is 22.3. The van der Waals surface area contributed by atoms with Crippen LogP contribution < -0.4 is 10.1 Å². The first kappa shape index (κ1) is 21.0. The molecule has 0 unspecified atom stereocenters. The fourth-order valence-electron chi connectivity index (χ4n) is 4.12. The van der Waals surface area contributed by atoms with E-state index < -0.39 is 5.54 Å². The summed E-state index contributed by atoms with van der Waals surface area (Å²) in [6.45, 7) is 5.35. The second kappa shape index (κ2) is 8.22. The average molecular weight is 451 g/mol. The molecule has 164 valence electrons. The second-order valence-corrected chi connectivity index (χ2v) is 9.00. The molecular weight excluding hydrogens is 428 g/mol. The van der Waals surface area contributed by atoms with Gasteiger partial charge in [-0.05, 0) is 37.3 Å². The molecule has 2 aromatic rings. The lowest BCUT2D eigenvalue weighted by Gasteiger charge is -2.31. The number of hydrogen-bond acceptors (Lipinski definition) is 8. The van der Waals surface area contributed by atoms with Gasteiger partial charge in [-0.15, -0.1) is 0 Å². The zero-order valence-electron chi connectivity index (χ0n) is 17.8. The van der Waals surface area contributed by atoms with Gasteiger partial charge in [0.2, 0.25) is 5.88 Å². The van der Waals surface area contributed by atoms with Crippen molar-refractivity contribution in [2.75, 3.05) is 25.1 Å². The van der Waals surface area contributed by atoms with Gasteiger partial charge in [0.25, 0.3) is 0 Å². The van der Waals surface area contributed by atoms with Crippen LogP contribution in [0.5, 0.6) is 5.88 Å². The van der Waals surface area contributed by atoms with Crippen LogP contribution in [0.3, 0.4) is 0 Å². The first-order valence-electron chi connectivity index (χ1n) is 10.7. The largest absolute Gasteiger partial charge is 0.469 e. The summed E-state index contributed by atoms with van der Waals surface area (Å²) in [5.41, 5.74) is 3.81. The molecule has 32 heavy (non-hydrogen) atoms. The Balaban J connectivity index is 1.37. The minimum absolute atomic E-state index is 0.0918. The van der Waals surface area contributed by atoms with Gasteiger partial charge in [-0.3, -0.25) is 4.90 Å². The summed E-state index contributed by atoms with van der Waals surface area (Å²) in [5, 5.41) is 22.6. The number of halogens is 1. The summed E-state index contributed by atoms with van der Waals surface area (Å²) in [6.07, 6.45) is 2.36.